The summed E-state index contributed by atoms with van der Waals surface area (Å²) in [6.45, 7) is 2.03. The van der Waals surface area contributed by atoms with Gasteiger partial charge in [0, 0.05) is 0 Å². The second kappa shape index (κ2) is 6.00. The molecule has 0 saturated carbocycles. The highest BCUT2D eigenvalue weighted by Gasteiger charge is 2.08. The Balaban J connectivity index is 2.34. The molecule has 4 heteroatoms. The number of nitrogens with zero attached hydrogens (tertiary/aromatic N) is 2. The quantitative estimate of drug-likeness (QED) is 0.759. The van der Waals surface area contributed by atoms with Crippen molar-refractivity contribution in [2.45, 2.75) is 6.92 Å². The molecule has 0 aromatic heterocycles. The first-order valence-electron chi connectivity index (χ1n) is 5.94. The summed E-state index contributed by atoms with van der Waals surface area (Å²) < 4.78 is 10.5. The van der Waals surface area contributed by atoms with E-state index in [1.54, 1.807) is 14.2 Å². The third-order valence-corrected chi connectivity index (χ3v) is 2.70. The van der Waals surface area contributed by atoms with Crippen LogP contribution < -0.4 is 9.47 Å². The van der Waals surface area contributed by atoms with Crippen molar-refractivity contribution in [3.05, 3.63) is 48.0 Å². The molecule has 0 N–H and O–H groups in total. The maximum absolute atomic E-state index is 5.26. The molecular weight excluding hydrogens is 240 g/mol. The minimum Gasteiger partial charge on any atom is -0.494 e. The van der Waals surface area contributed by atoms with Gasteiger partial charge in [0.25, 0.3) is 0 Å². The molecule has 19 heavy (non-hydrogen) atoms. The fourth-order valence-electron chi connectivity index (χ4n) is 1.65. The van der Waals surface area contributed by atoms with E-state index in [2.05, 4.69) is 10.2 Å². The van der Waals surface area contributed by atoms with E-state index < -0.39 is 0 Å². The normalized spacial score (nSPS) is 10.7. The van der Waals surface area contributed by atoms with Gasteiger partial charge in [0.2, 0.25) is 0 Å². The number of rotatable bonds is 4. The standard InChI is InChI=1S/C15H16N2O2/c1-11-7-9-12(10-8-11)16-17-15-13(18-2)5-4-6-14(15)19-3/h4-10H,1-3H3. The van der Waals surface area contributed by atoms with Gasteiger partial charge in [-0.1, -0.05) is 23.8 Å². The van der Waals surface area contributed by atoms with E-state index in [1.807, 2.05) is 49.4 Å². The zero-order valence-electron chi connectivity index (χ0n) is 11.3. The third kappa shape index (κ3) is 3.10. The number of aryl methyl sites for hydroxylation is 1. The van der Waals surface area contributed by atoms with Gasteiger partial charge in [0.1, 0.15) is 11.5 Å². The number of hydrogen-bond donors (Lipinski definition) is 0. The van der Waals surface area contributed by atoms with Crippen LogP contribution >= 0.6 is 0 Å². The maximum Gasteiger partial charge on any atom is 0.169 e. The zero-order valence-corrected chi connectivity index (χ0v) is 11.3. The molecule has 98 valence electrons. The Hall–Kier alpha value is -2.36. The molecule has 2 aromatic carbocycles. The maximum atomic E-state index is 5.26. The minimum atomic E-state index is 0.591. The Labute approximate surface area is 112 Å². The SMILES string of the molecule is COc1cccc(OC)c1N=Nc1ccc(C)cc1. The third-order valence-electron chi connectivity index (χ3n) is 2.70. The van der Waals surface area contributed by atoms with Crippen molar-refractivity contribution in [1.29, 1.82) is 0 Å². The summed E-state index contributed by atoms with van der Waals surface area (Å²) in [7, 11) is 3.19. The van der Waals surface area contributed by atoms with Gasteiger partial charge in [0.05, 0.1) is 19.9 Å². The van der Waals surface area contributed by atoms with Gasteiger partial charge < -0.3 is 9.47 Å². The van der Waals surface area contributed by atoms with Gasteiger partial charge >= 0.3 is 0 Å². The van der Waals surface area contributed by atoms with Gasteiger partial charge in [-0.25, -0.2) is 0 Å². The van der Waals surface area contributed by atoms with Crippen molar-refractivity contribution in [2.75, 3.05) is 14.2 Å². The van der Waals surface area contributed by atoms with Crippen molar-refractivity contribution in [1.82, 2.24) is 0 Å². The smallest absolute Gasteiger partial charge is 0.169 e. The first-order valence-corrected chi connectivity index (χ1v) is 5.94. The van der Waals surface area contributed by atoms with E-state index in [0.717, 1.165) is 5.69 Å². The number of hydrogen-bond acceptors (Lipinski definition) is 4. The highest BCUT2D eigenvalue weighted by molar-refractivity contribution is 5.61. The van der Waals surface area contributed by atoms with E-state index >= 15 is 0 Å². The monoisotopic (exact) mass is 256 g/mol. The van der Waals surface area contributed by atoms with E-state index in [9.17, 15) is 0 Å². The van der Waals surface area contributed by atoms with Crippen LogP contribution in [-0.4, -0.2) is 14.2 Å². The van der Waals surface area contributed by atoms with Crippen molar-refractivity contribution in [2.24, 2.45) is 10.2 Å². The van der Waals surface area contributed by atoms with Gasteiger partial charge in [-0.15, -0.1) is 5.11 Å². The lowest BCUT2D eigenvalue weighted by molar-refractivity contribution is 0.396. The van der Waals surface area contributed by atoms with E-state index in [-0.39, 0.29) is 0 Å². The molecule has 0 heterocycles. The molecule has 2 aromatic rings. The second-order valence-corrected chi connectivity index (χ2v) is 4.05. The zero-order chi connectivity index (χ0) is 13.7. The molecular formula is C15H16N2O2. The van der Waals surface area contributed by atoms with Gasteiger partial charge in [-0.3, -0.25) is 0 Å². The molecule has 0 aliphatic heterocycles. The molecule has 0 unspecified atom stereocenters. The predicted molar refractivity (Wildman–Crippen MR) is 74.9 cm³/mol. The summed E-state index contributed by atoms with van der Waals surface area (Å²) in [5, 5.41) is 8.42. The second-order valence-electron chi connectivity index (χ2n) is 4.05. The van der Waals surface area contributed by atoms with Gasteiger partial charge in [0.15, 0.2) is 5.69 Å². The summed E-state index contributed by atoms with van der Waals surface area (Å²) in [4.78, 5) is 0. The molecule has 4 nitrogen and oxygen atoms in total. The van der Waals surface area contributed by atoms with Crippen LogP contribution in [0.25, 0.3) is 0 Å². The molecule has 2 rings (SSSR count). The number of azo groups is 1. The average Bonchev–Trinajstić information content (AvgIpc) is 2.46. The molecule has 0 radical (unpaired) electrons. The van der Waals surface area contributed by atoms with Crippen molar-refractivity contribution < 1.29 is 9.47 Å². The Bertz CT molecular complexity index is 555. The van der Waals surface area contributed by atoms with Crippen LogP contribution in [0.15, 0.2) is 52.7 Å². The van der Waals surface area contributed by atoms with Crippen LogP contribution in [0.3, 0.4) is 0 Å². The molecule has 0 aliphatic carbocycles. The van der Waals surface area contributed by atoms with Crippen LogP contribution in [-0.2, 0) is 0 Å². The van der Waals surface area contributed by atoms with Gasteiger partial charge in [-0.2, -0.15) is 5.11 Å². The minimum absolute atomic E-state index is 0.591. The molecule has 0 amide bonds. The summed E-state index contributed by atoms with van der Waals surface area (Å²) in [6.07, 6.45) is 0. The Morgan fingerprint density at radius 2 is 1.37 bits per heavy atom. The molecule has 0 saturated heterocycles. The topological polar surface area (TPSA) is 43.2 Å². The average molecular weight is 256 g/mol. The predicted octanol–water partition coefficient (Wildman–Crippen LogP) is 4.43. The summed E-state index contributed by atoms with van der Waals surface area (Å²) in [5.74, 6) is 1.27. The number of ether oxygens (including phenoxy) is 2. The largest absolute Gasteiger partial charge is 0.494 e. The molecule has 0 bridgehead atoms. The van der Waals surface area contributed by atoms with E-state index in [1.165, 1.54) is 5.56 Å². The molecule has 0 fully saturated rings. The first-order chi connectivity index (χ1) is 9.24. The van der Waals surface area contributed by atoms with Crippen molar-refractivity contribution in [3.63, 3.8) is 0 Å². The molecule has 0 spiro atoms. The Kier molecular flexibility index (Phi) is 4.13. The highest BCUT2D eigenvalue weighted by Crippen LogP contribution is 2.37. The van der Waals surface area contributed by atoms with Gasteiger partial charge in [-0.05, 0) is 31.2 Å². The van der Waals surface area contributed by atoms with Crippen molar-refractivity contribution >= 4 is 11.4 Å². The Morgan fingerprint density at radius 1 is 0.789 bits per heavy atom. The lowest BCUT2D eigenvalue weighted by Crippen LogP contribution is -1.87. The fraction of sp³-hybridized carbons (Fsp3) is 0.200. The number of benzene rings is 2. The summed E-state index contributed by atoms with van der Waals surface area (Å²) >= 11 is 0. The molecule has 0 aliphatic rings. The van der Waals surface area contributed by atoms with Crippen LogP contribution in [0.2, 0.25) is 0 Å². The highest BCUT2D eigenvalue weighted by atomic mass is 16.5. The van der Waals surface area contributed by atoms with E-state index in [4.69, 9.17) is 9.47 Å². The summed E-state index contributed by atoms with van der Waals surface area (Å²) in [5.41, 5.74) is 2.57. The van der Waals surface area contributed by atoms with Crippen molar-refractivity contribution in [3.8, 4) is 11.5 Å². The fourth-order valence-corrected chi connectivity index (χ4v) is 1.65. The van der Waals surface area contributed by atoms with Crippen LogP contribution in [0.1, 0.15) is 5.56 Å². The molecule has 0 atom stereocenters. The summed E-state index contributed by atoms with van der Waals surface area (Å²) in [6, 6.07) is 13.3. The van der Waals surface area contributed by atoms with E-state index in [0.29, 0.717) is 17.2 Å². The van der Waals surface area contributed by atoms with Crippen LogP contribution in [0.4, 0.5) is 11.4 Å². The number of methoxy groups -OCH3 is 2. The van der Waals surface area contributed by atoms with Crippen LogP contribution in [0, 0.1) is 6.92 Å². The Morgan fingerprint density at radius 3 is 1.89 bits per heavy atom. The lowest BCUT2D eigenvalue weighted by Gasteiger charge is -2.07. The first kappa shape index (κ1) is 13.1. The van der Waals surface area contributed by atoms with Crippen LogP contribution in [0.5, 0.6) is 11.5 Å². The lowest BCUT2D eigenvalue weighted by atomic mass is 10.2.